The van der Waals surface area contributed by atoms with E-state index in [1.165, 1.54) is 0 Å². The molecule has 0 spiro atoms. The van der Waals surface area contributed by atoms with Crippen molar-refractivity contribution in [2.24, 2.45) is 5.92 Å². The fourth-order valence-electron chi connectivity index (χ4n) is 2.89. The maximum atomic E-state index is 12.5. The van der Waals surface area contributed by atoms with E-state index in [0.717, 1.165) is 0 Å². The molecule has 0 saturated heterocycles. The highest BCUT2D eigenvalue weighted by molar-refractivity contribution is 7.91. The Bertz CT molecular complexity index is 884. The molecule has 0 bridgehead atoms. The van der Waals surface area contributed by atoms with Crippen molar-refractivity contribution in [2.75, 3.05) is 5.75 Å². The van der Waals surface area contributed by atoms with Crippen LogP contribution in [-0.4, -0.2) is 25.1 Å². The molecule has 1 aliphatic heterocycles. The molecular formula is C17H20N2O4S. The molecule has 1 aromatic carbocycles. The van der Waals surface area contributed by atoms with Gasteiger partial charge >= 0.3 is 0 Å². The normalized spacial score (nSPS) is 18.6. The fraction of sp³-hybridized carbons (Fsp3) is 0.412. The summed E-state index contributed by atoms with van der Waals surface area (Å²) in [7, 11) is -3.36. The molecule has 0 radical (unpaired) electrons. The van der Waals surface area contributed by atoms with Crippen LogP contribution in [0, 0.1) is 12.8 Å². The first-order chi connectivity index (χ1) is 11.3. The van der Waals surface area contributed by atoms with Gasteiger partial charge in [0.15, 0.2) is 15.7 Å². The molecular weight excluding hydrogens is 328 g/mol. The third kappa shape index (κ3) is 3.08. The van der Waals surface area contributed by atoms with Gasteiger partial charge in [-0.3, -0.25) is 4.79 Å². The molecule has 1 N–H and O–H groups in total. The third-order valence-electron chi connectivity index (χ3n) is 3.95. The minimum Gasteiger partial charge on any atom is -0.435 e. The first kappa shape index (κ1) is 16.7. The van der Waals surface area contributed by atoms with Gasteiger partial charge in [0.05, 0.1) is 22.4 Å². The molecule has 0 unspecified atom stereocenters. The lowest BCUT2D eigenvalue weighted by atomic mass is 10.1. The van der Waals surface area contributed by atoms with Gasteiger partial charge < -0.3 is 9.73 Å². The van der Waals surface area contributed by atoms with Gasteiger partial charge in [-0.05, 0) is 24.5 Å². The summed E-state index contributed by atoms with van der Waals surface area (Å²) < 4.78 is 29.9. The second kappa shape index (κ2) is 6.05. The largest absolute Gasteiger partial charge is 0.435 e. The van der Waals surface area contributed by atoms with Crippen molar-refractivity contribution in [2.45, 2.75) is 38.1 Å². The summed E-state index contributed by atoms with van der Waals surface area (Å²) in [6.45, 7) is 5.79. The number of hydrogen-bond donors (Lipinski definition) is 1. The van der Waals surface area contributed by atoms with Crippen LogP contribution in [0.25, 0.3) is 0 Å². The van der Waals surface area contributed by atoms with Crippen molar-refractivity contribution in [1.29, 1.82) is 0 Å². The van der Waals surface area contributed by atoms with E-state index >= 15 is 0 Å². The number of oxazole rings is 1. The van der Waals surface area contributed by atoms with Crippen LogP contribution in [0.1, 0.15) is 47.6 Å². The molecule has 0 aliphatic carbocycles. The SMILES string of the molecule is Cc1nc(CC(C)C)oc1C(=O)N[C@@H]1CS(=O)(=O)c2ccccc21. The summed E-state index contributed by atoms with van der Waals surface area (Å²) in [5, 5.41) is 2.76. The van der Waals surface area contributed by atoms with Gasteiger partial charge in [-0.1, -0.05) is 32.0 Å². The van der Waals surface area contributed by atoms with E-state index in [2.05, 4.69) is 10.3 Å². The lowest BCUT2D eigenvalue weighted by molar-refractivity contribution is 0.0909. The number of nitrogens with zero attached hydrogens (tertiary/aromatic N) is 1. The van der Waals surface area contributed by atoms with E-state index in [0.29, 0.717) is 29.5 Å². The van der Waals surface area contributed by atoms with E-state index in [9.17, 15) is 13.2 Å². The highest BCUT2D eigenvalue weighted by atomic mass is 32.2. The molecule has 6 nitrogen and oxygen atoms in total. The minimum atomic E-state index is -3.36. The van der Waals surface area contributed by atoms with Gasteiger partial charge in [0.2, 0.25) is 5.76 Å². The molecule has 1 amide bonds. The van der Waals surface area contributed by atoms with Crippen LogP contribution < -0.4 is 5.32 Å². The molecule has 24 heavy (non-hydrogen) atoms. The van der Waals surface area contributed by atoms with E-state index < -0.39 is 21.8 Å². The number of aryl methyl sites for hydroxylation is 1. The van der Waals surface area contributed by atoms with Crippen molar-refractivity contribution in [3.8, 4) is 0 Å². The minimum absolute atomic E-state index is 0.135. The molecule has 3 rings (SSSR count). The van der Waals surface area contributed by atoms with Gasteiger partial charge in [0.25, 0.3) is 5.91 Å². The molecule has 128 valence electrons. The smallest absolute Gasteiger partial charge is 0.289 e. The number of hydrogen-bond acceptors (Lipinski definition) is 5. The topological polar surface area (TPSA) is 89.3 Å². The van der Waals surface area contributed by atoms with Gasteiger partial charge in [-0.15, -0.1) is 0 Å². The van der Waals surface area contributed by atoms with Crippen molar-refractivity contribution >= 4 is 15.7 Å². The van der Waals surface area contributed by atoms with Crippen LogP contribution in [-0.2, 0) is 16.3 Å². The summed E-state index contributed by atoms with van der Waals surface area (Å²) in [6, 6.07) is 6.16. The Labute approximate surface area is 141 Å². The zero-order valence-corrected chi connectivity index (χ0v) is 14.7. The Morgan fingerprint density at radius 3 is 2.79 bits per heavy atom. The zero-order valence-electron chi connectivity index (χ0n) is 13.9. The zero-order chi connectivity index (χ0) is 17.5. The van der Waals surface area contributed by atoms with Crippen molar-refractivity contribution in [1.82, 2.24) is 10.3 Å². The van der Waals surface area contributed by atoms with Crippen LogP contribution in [0.4, 0.5) is 0 Å². The number of amides is 1. The number of sulfone groups is 1. The summed E-state index contributed by atoms with van der Waals surface area (Å²) >= 11 is 0. The highest BCUT2D eigenvalue weighted by Gasteiger charge is 2.36. The first-order valence-corrected chi connectivity index (χ1v) is 9.52. The van der Waals surface area contributed by atoms with Crippen LogP contribution in [0.2, 0.25) is 0 Å². The Hall–Kier alpha value is -2.15. The van der Waals surface area contributed by atoms with Crippen LogP contribution >= 0.6 is 0 Å². The molecule has 1 aromatic heterocycles. The first-order valence-electron chi connectivity index (χ1n) is 7.87. The van der Waals surface area contributed by atoms with E-state index in [1.807, 2.05) is 13.8 Å². The van der Waals surface area contributed by atoms with Crippen LogP contribution in [0.3, 0.4) is 0 Å². The lowest BCUT2D eigenvalue weighted by Gasteiger charge is -2.11. The quantitative estimate of drug-likeness (QED) is 0.916. The number of benzene rings is 1. The number of carbonyl (C=O) groups is 1. The summed E-state index contributed by atoms with van der Waals surface area (Å²) in [4.78, 5) is 17.1. The van der Waals surface area contributed by atoms with Gasteiger partial charge in [0.1, 0.15) is 0 Å². The van der Waals surface area contributed by atoms with Crippen molar-refractivity contribution in [3.63, 3.8) is 0 Å². The van der Waals surface area contributed by atoms with Crippen LogP contribution in [0.5, 0.6) is 0 Å². The average Bonchev–Trinajstić information content (AvgIpc) is 2.97. The number of aromatic nitrogens is 1. The van der Waals surface area contributed by atoms with Crippen LogP contribution in [0.15, 0.2) is 33.6 Å². The molecule has 0 fully saturated rings. The highest BCUT2D eigenvalue weighted by Crippen LogP contribution is 2.33. The van der Waals surface area contributed by atoms with E-state index in [-0.39, 0.29) is 16.4 Å². The summed E-state index contributed by atoms with van der Waals surface area (Å²) in [5.74, 6) is 0.460. The van der Waals surface area contributed by atoms with E-state index in [4.69, 9.17) is 4.42 Å². The van der Waals surface area contributed by atoms with Gasteiger partial charge in [-0.2, -0.15) is 0 Å². The second-order valence-corrected chi connectivity index (χ2v) is 8.47. The second-order valence-electron chi connectivity index (χ2n) is 6.47. The molecule has 1 aliphatic rings. The molecule has 0 saturated carbocycles. The lowest BCUT2D eigenvalue weighted by Crippen LogP contribution is -2.29. The number of nitrogens with one attached hydrogen (secondary N) is 1. The summed E-state index contributed by atoms with van der Waals surface area (Å²) in [5.41, 5.74) is 1.13. The third-order valence-corrected chi connectivity index (χ3v) is 5.76. The number of fused-ring (bicyclic) bond motifs is 1. The predicted molar refractivity (Wildman–Crippen MR) is 88.5 cm³/mol. The van der Waals surface area contributed by atoms with Gasteiger partial charge in [0, 0.05) is 6.42 Å². The molecule has 7 heteroatoms. The summed E-state index contributed by atoms with van der Waals surface area (Å²) in [6.07, 6.45) is 0.648. The molecule has 2 heterocycles. The van der Waals surface area contributed by atoms with E-state index in [1.54, 1.807) is 31.2 Å². The molecule has 1 atom stereocenters. The van der Waals surface area contributed by atoms with Crippen molar-refractivity contribution in [3.05, 3.63) is 47.2 Å². The number of carbonyl (C=O) groups excluding carboxylic acids is 1. The maximum Gasteiger partial charge on any atom is 0.289 e. The van der Waals surface area contributed by atoms with Gasteiger partial charge in [-0.25, -0.2) is 13.4 Å². The Morgan fingerprint density at radius 2 is 2.08 bits per heavy atom. The monoisotopic (exact) mass is 348 g/mol. The standard InChI is InChI=1S/C17H20N2O4S/c1-10(2)8-15-18-11(3)16(23-15)17(20)19-13-9-24(21,22)14-7-5-4-6-12(13)14/h4-7,10,13H,8-9H2,1-3H3,(H,19,20)/t13-/m1/s1. The fourth-order valence-corrected chi connectivity index (χ4v) is 4.63. The average molecular weight is 348 g/mol. The Kier molecular flexibility index (Phi) is 4.21. The predicted octanol–water partition coefficient (Wildman–Crippen LogP) is 2.44. The molecule has 2 aromatic rings. The maximum absolute atomic E-state index is 12.5. The Morgan fingerprint density at radius 1 is 1.38 bits per heavy atom. The Balaban J connectivity index is 1.83. The van der Waals surface area contributed by atoms with Crippen molar-refractivity contribution < 1.29 is 17.6 Å². The number of rotatable bonds is 4.